The van der Waals surface area contributed by atoms with Crippen LogP contribution < -0.4 is 4.74 Å². The monoisotopic (exact) mass is 358 g/mol. The predicted octanol–water partition coefficient (Wildman–Crippen LogP) is 3.59. The maximum atomic E-state index is 10.2. The summed E-state index contributed by atoms with van der Waals surface area (Å²) in [4.78, 5) is 0. The summed E-state index contributed by atoms with van der Waals surface area (Å²) in [6.45, 7) is 1.16. The maximum absolute atomic E-state index is 10.2. The second kappa shape index (κ2) is 9.03. The standard InChI is InChI=1S/C21H26O5/c1-24-21-11-16(7-8-19(21)23)20-13-17(22)12-18(26-20)9-10-25-14-15-5-3-2-4-6-15/h2-8,11,17-18,20,22-23H,9-10,12-14H2,1H3/t17-,18-,20-/m1/s1. The van der Waals surface area contributed by atoms with E-state index in [4.69, 9.17) is 14.2 Å². The van der Waals surface area contributed by atoms with Gasteiger partial charge in [-0.25, -0.2) is 0 Å². The van der Waals surface area contributed by atoms with Crippen molar-refractivity contribution in [1.29, 1.82) is 0 Å². The van der Waals surface area contributed by atoms with Crippen LogP contribution in [0, 0.1) is 0 Å². The summed E-state index contributed by atoms with van der Waals surface area (Å²) in [5.74, 6) is 0.507. The zero-order valence-corrected chi connectivity index (χ0v) is 15.0. The lowest BCUT2D eigenvalue weighted by atomic mass is 9.95. The summed E-state index contributed by atoms with van der Waals surface area (Å²) in [6.07, 6.45) is 1.20. The lowest BCUT2D eigenvalue weighted by Gasteiger charge is -2.33. The van der Waals surface area contributed by atoms with Gasteiger partial charge in [-0.15, -0.1) is 0 Å². The molecule has 0 spiro atoms. The van der Waals surface area contributed by atoms with Crippen molar-refractivity contribution in [2.24, 2.45) is 0 Å². The number of methoxy groups -OCH3 is 1. The van der Waals surface area contributed by atoms with Crippen LogP contribution in [0.25, 0.3) is 0 Å². The molecule has 0 unspecified atom stereocenters. The molecule has 3 atom stereocenters. The molecular weight excluding hydrogens is 332 g/mol. The van der Waals surface area contributed by atoms with Gasteiger partial charge in [-0.3, -0.25) is 0 Å². The van der Waals surface area contributed by atoms with Gasteiger partial charge in [-0.1, -0.05) is 36.4 Å². The molecule has 0 saturated carbocycles. The van der Waals surface area contributed by atoms with E-state index in [0.29, 0.717) is 31.8 Å². The smallest absolute Gasteiger partial charge is 0.160 e. The van der Waals surface area contributed by atoms with E-state index in [1.807, 2.05) is 36.4 Å². The fourth-order valence-corrected chi connectivity index (χ4v) is 3.26. The molecule has 1 aliphatic heterocycles. The molecule has 1 aliphatic rings. The largest absolute Gasteiger partial charge is 0.504 e. The first-order valence-corrected chi connectivity index (χ1v) is 8.98. The third-order valence-electron chi connectivity index (χ3n) is 4.65. The Kier molecular flexibility index (Phi) is 6.50. The van der Waals surface area contributed by atoms with E-state index in [-0.39, 0.29) is 18.0 Å². The highest BCUT2D eigenvalue weighted by Crippen LogP contribution is 2.36. The molecule has 0 amide bonds. The first-order chi connectivity index (χ1) is 12.7. The summed E-state index contributed by atoms with van der Waals surface area (Å²) < 4.78 is 17.1. The van der Waals surface area contributed by atoms with Gasteiger partial charge in [0.25, 0.3) is 0 Å². The highest BCUT2D eigenvalue weighted by Gasteiger charge is 2.29. The molecule has 5 heteroatoms. The first-order valence-electron chi connectivity index (χ1n) is 8.98. The van der Waals surface area contributed by atoms with Gasteiger partial charge >= 0.3 is 0 Å². The number of aliphatic hydroxyl groups excluding tert-OH is 1. The molecule has 1 fully saturated rings. The van der Waals surface area contributed by atoms with E-state index in [9.17, 15) is 10.2 Å². The van der Waals surface area contributed by atoms with Crippen molar-refractivity contribution in [3.63, 3.8) is 0 Å². The summed E-state index contributed by atoms with van der Waals surface area (Å²) in [7, 11) is 1.52. The van der Waals surface area contributed by atoms with Crippen LogP contribution in [-0.2, 0) is 16.1 Å². The Hall–Kier alpha value is -2.08. The number of hydrogen-bond donors (Lipinski definition) is 2. The van der Waals surface area contributed by atoms with E-state index in [1.54, 1.807) is 12.1 Å². The van der Waals surface area contributed by atoms with Crippen LogP contribution >= 0.6 is 0 Å². The molecule has 2 aromatic carbocycles. The van der Waals surface area contributed by atoms with Crippen LogP contribution in [0.1, 0.15) is 36.5 Å². The van der Waals surface area contributed by atoms with Crippen LogP contribution in [0.5, 0.6) is 11.5 Å². The molecule has 1 heterocycles. The number of hydrogen-bond acceptors (Lipinski definition) is 5. The molecule has 0 radical (unpaired) electrons. The zero-order chi connectivity index (χ0) is 18.4. The van der Waals surface area contributed by atoms with Gasteiger partial charge in [0.05, 0.1) is 32.0 Å². The second-order valence-electron chi connectivity index (χ2n) is 6.63. The molecule has 0 aliphatic carbocycles. The van der Waals surface area contributed by atoms with Gasteiger partial charge in [0.1, 0.15) is 0 Å². The van der Waals surface area contributed by atoms with Crippen molar-refractivity contribution in [2.75, 3.05) is 13.7 Å². The van der Waals surface area contributed by atoms with Gasteiger partial charge in [0.2, 0.25) is 0 Å². The first kappa shape index (κ1) is 18.7. The third-order valence-corrected chi connectivity index (χ3v) is 4.65. The van der Waals surface area contributed by atoms with Gasteiger partial charge in [0.15, 0.2) is 11.5 Å². The molecule has 140 valence electrons. The molecule has 26 heavy (non-hydrogen) atoms. The number of benzene rings is 2. The summed E-state index contributed by atoms with van der Waals surface area (Å²) >= 11 is 0. The van der Waals surface area contributed by atoms with Crippen molar-refractivity contribution < 1.29 is 24.4 Å². The summed E-state index contributed by atoms with van der Waals surface area (Å²) in [5.41, 5.74) is 2.04. The lowest BCUT2D eigenvalue weighted by molar-refractivity contribution is -0.107. The van der Waals surface area contributed by atoms with Gasteiger partial charge < -0.3 is 24.4 Å². The quantitative estimate of drug-likeness (QED) is 0.741. The number of ether oxygens (including phenoxy) is 3. The van der Waals surface area contributed by atoms with E-state index in [1.165, 1.54) is 7.11 Å². The Bertz CT molecular complexity index is 688. The van der Waals surface area contributed by atoms with Crippen LogP contribution in [0.4, 0.5) is 0 Å². The Morgan fingerprint density at radius 1 is 1.12 bits per heavy atom. The van der Waals surface area contributed by atoms with E-state index >= 15 is 0 Å². The molecule has 3 rings (SSSR count). The minimum atomic E-state index is -0.410. The number of aliphatic hydroxyl groups is 1. The van der Waals surface area contributed by atoms with E-state index in [0.717, 1.165) is 17.5 Å². The van der Waals surface area contributed by atoms with Crippen LogP contribution in [0.3, 0.4) is 0 Å². The van der Waals surface area contributed by atoms with Crippen molar-refractivity contribution in [1.82, 2.24) is 0 Å². The second-order valence-corrected chi connectivity index (χ2v) is 6.63. The number of phenols is 1. The maximum Gasteiger partial charge on any atom is 0.160 e. The van der Waals surface area contributed by atoms with Gasteiger partial charge in [0, 0.05) is 13.0 Å². The van der Waals surface area contributed by atoms with E-state index in [2.05, 4.69) is 0 Å². The minimum absolute atomic E-state index is 0.0562. The van der Waals surface area contributed by atoms with Gasteiger partial charge in [-0.2, -0.15) is 0 Å². The minimum Gasteiger partial charge on any atom is -0.504 e. The Morgan fingerprint density at radius 3 is 2.69 bits per heavy atom. The van der Waals surface area contributed by atoms with Crippen LogP contribution in [0.2, 0.25) is 0 Å². The SMILES string of the molecule is COc1cc([C@H]2C[C@H](O)C[C@@H](CCOCc3ccccc3)O2)ccc1O. The van der Waals surface area contributed by atoms with Crippen LogP contribution in [-0.4, -0.2) is 36.1 Å². The van der Waals surface area contributed by atoms with Crippen molar-refractivity contribution in [3.8, 4) is 11.5 Å². The molecule has 0 bridgehead atoms. The molecule has 2 aromatic rings. The average molecular weight is 358 g/mol. The summed E-state index contributed by atoms with van der Waals surface area (Å²) in [5, 5.41) is 20.0. The van der Waals surface area contributed by atoms with E-state index < -0.39 is 6.10 Å². The fraction of sp³-hybridized carbons (Fsp3) is 0.429. The highest BCUT2D eigenvalue weighted by molar-refractivity contribution is 5.42. The lowest BCUT2D eigenvalue weighted by Crippen LogP contribution is -2.32. The van der Waals surface area contributed by atoms with Crippen LogP contribution in [0.15, 0.2) is 48.5 Å². The number of rotatable bonds is 7. The van der Waals surface area contributed by atoms with Gasteiger partial charge in [-0.05, 0) is 36.1 Å². The number of aromatic hydroxyl groups is 1. The highest BCUT2D eigenvalue weighted by atomic mass is 16.5. The molecular formula is C21H26O5. The third kappa shape index (κ3) is 4.97. The molecule has 0 aromatic heterocycles. The Balaban J connectivity index is 1.53. The molecule has 2 N–H and O–H groups in total. The predicted molar refractivity (Wildman–Crippen MR) is 98.2 cm³/mol. The van der Waals surface area contributed by atoms with Crippen molar-refractivity contribution in [2.45, 2.75) is 44.2 Å². The molecule has 1 saturated heterocycles. The average Bonchev–Trinajstić information content (AvgIpc) is 2.66. The number of phenolic OH excluding ortho intramolecular Hbond substituents is 1. The Morgan fingerprint density at radius 2 is 1.92 bits per heavy atom. The zero-order valence-electron chi connectivity index (χ0n) is 15.0. The van der Waals surface area contributed by atoms with Crippen molar-refractivity contribution in [3.05, 3.63) is 59.7 Å². The Labute approximate surface area is 154 Å². The van der Waals surface area contributed by atoms with Crippen molar-refractivity contribution >= 4 is 0 Å². The fourth-order valence-electron chi connectivity index (χ4n) is 3.26. The summed E-state index contributed by atoms with van der Waals surface area (Å²) in [6, 6.07) is 15.2. The topological polar surface area (TPSA) is 68.2 Å². The molecule has 5 nitrogen and oxygen atoms in total. The normalized spacial score (nSPS) is 22.9.